The van der Waals surface area contributed by atoms with Gasteiger partial charge in [-0.05, 0) is 19.1 Å². The van der Waals surface area contributed by atoms with Crippen molar-refractivity contribution in [3.63, 3.8) is 0 Å². The molecular formula is C7H6F2O3. The number of carboxylic acid groups (broad SMARTS) is 1. The zero-order chi connectivity index (χ0) is 9.35. The van der Waals surface area contributed by atoms with Crippen molar-refractivity contribution in [1.29, 1.82) is 0 Å². The van der Waals surface area contributed by atoms with Crippen LogP contribution >= 0.6 is 0 Å². The van der Waals surface area contributed by atoms with Crippen molar-refractivity contribution >= 4 is 5.97 Å². The van der Waals surface area contributed by atoms with Gasteiger partial charge in [0.2, 0.25) is 0 Å². The smallest absolute Gasteiger partial charge is 0.399 e. The topological polar surface area (TPSA) is 50.4 Å². The number of carbonyl (C=O) groups is 1. The van der Waals surface area contributed by atoms with E-state index < -0.39 is 17.7 Å². The van der Waals surface area contributed by atoms with E-state index >= 15 is 0 Å². The molecular weight excluding hydrogens is 170 g/mol. The number of furan rings is 1. The third-order valence-electron chi connectivity index (χ3n) is 1.32. The Labute approximate surface area is 66.6 Å². The second kappa shape index (κ2) is 2.58. The maximum Gasteiger partial charge on any atom is 0.399 e. The number of halogens is 2. The van der Waals surface area contributed by atoms with Gasteiger partial charge < -0.3 is 9.52 Å². The van der Waals surface area contributed by atoms with Gasteiger partial charge in [-0.2, -0.15) is 8.78 Å². The molecule has 1 N–H and O–H groups in total. The SMILES string of the molecule is Cc1ccc(C(F)(F)C(=O)O)o1. The van der Waals surface area contributed by atoms with E-state index in [1.54, 1.807) is 0 Å². The van der Waals surface area contributed by atoms with Crippen molar-refractivity contribution in [1.82, 2.24) is 0 Å². The molecule has 0 aromatic carbocycles. The lowest BCUT2D eigenvalue weighted by atomic mass is 10.2. The quantitative estimate of drug-likeness (QED) is 0.746. The van der Waals surface area contributed by atoms with Crippen molar-refractivity contribution in [2.75, 3.05) is 0 Å². The molecule has 0 amide bonds. The van der Waals surface area contributed by atoms with Gasteiger partial charge in [-0.1, -0.05) is 0 Å². The van der Waals surface area contributed by atoms with Gasteiger partial charge in [0.15, 0.2) is 5.76 Å². The number of aryl methyl sites for hydroxylation is 1. The average Bonchev–Trinajstić information content (AvgIpc) is 2.35. The van der Waals surface area contributed by atoms with Crippen LogP contribution in [0, 0.1) is 6.92 Å². The van der Waals surface area contributed by atoms with E-state index in [9.17, 15) is 13.6 Å². The minimum absolute atomic E-state index is 0.255. The van der Waals surface area contributed by atoms with Crippen LogP contribution in [-0.2, 0) is 10.7 Å². The van der Waals surface area contributed by atoms with Crippen LogP contribution in [0.15, 0.2) is 16.5 Å². The van der Waals surface area contributed by atoms with Crippen LogP contribution in [0.2, 0.25) is 0 Å². The summed E-state index contributed by atoms with van der Waals surface area (Å²) in [5, 5.41) is 8.09. The lowest BCUT2D eigenvalue weighted by molar-refractivity contribution is -0.169. The molecule has 0 aliphatic rings. The molecule has 1 heterocycles. The molecule has 3 nitrogen and oxygen atoms in total. The first kappa shape index (κ1) is 8.70. The maximum atomic E-state index is 12.6. The van der Waals surface area contributed by atoms with Crippen LogP contribution in [-0.4, -0.2) is 11.1 Å². The Balaban J connectivity index is 3.05. The highest BCUT2D eigenvalue weighted by atomic mass is 19.3. The van der Waals surface area contributed by atoms with E-state index in [-0.39, 0.29) is 5.76 Å². The normalized spacial score (nSPS) is 11.6. The molecule has 0 saturated heterocycles. The van der Waals surface area contributed by atoms with E-state index in [1.165, 1.54) is 13.0 Å². The summed E-state index contributed by atoms with van der Waals surface area (Å²) in [6, 6.07) is 2.23. The fraction of sp³-hybridized carbons (Fsp3) is 0.286. The van der Waals surface area contributed by atoms with Crippen molar-refractivity contribution in [3.8, 4) is 0 Å². The maximum absolute atomic E-state index is 12.6. The van der Waals surface area contributed by atoms with Crippen LogP contribution in [0.4, 0.5) is 8.78 Å². The Morgan fingerprint density at radius 3 is 2.50 bits per heavy atom. The molecule has 0 saturated carbocycles. The summed E-state index contributed by atoms with van der Waals surface area (Å²) < 4.78 is 29.7. The second-order valence-electron chi connectivity index (χ2n) is 2.29. The van der Waals surface area contributed by atoms with Crippen molar-refractivity contribution in [3.05, 3.63) is 23.7 Å². The molecule has 0 bridgehead atoms. The fourth-order valence-electron chi connectivity index (χ4n) is 0.709. The summed E-state index contributed by atoms with van der Waals surface area (Å²) in [7, 11) is 0. The Hall–Kier alpha value is -1.39. The number of hydrogen-bond acceptors (Lipinski definition) is 2. The number of aliphatic carboxylic acids is 1. The molecule has 1 rings (SSSR count). The van der Waals surface area contributed by atoms with Crippen LogP contribution in [0.3, 0.4) is 0 Å². The fourth-order valence-corrected chi connectivity index (χ4v) is 0.709. The monoisotopic (exact) mass is 176 g/mol. The van der Waals surface area contributed by atoms with Crippen molar-refractivity contribution < 1.29 is 23.1 Å². The minimum Gasteiger partial charge on any atom is -0.476 e. The number of carboxylic acids is 1. The third kappa shape index (κ3) is 1.30. The van der Waals surface area contributed by atoms with Gasteiger partial charge in [0.25, 0.3) is 0 Å². The Kier molecular flexibility index (Phi) is 1.87. The summed E-state index contributed by atoms with van der Waals surface area (Å²) in [5.74, 6) is -6.73. The summed E-state index contributed by atoms with van der Waals surface area (Å²) in [5.41, 5.74) is 0. The van der Waals surface area contributed by atoms with Gasteiger partial charge in [0, 0.05) is 0 Å². The average molecular weight is 176 g/mol. The molecule has 12 heavy (non-hydrogen) atoms. The van der Waals surface area contributed by atoms with Gasteiger partial charge in [0.05, 0.1) is 0 Å². The van der Waals surface area contributed by atoms with Gasteiger partial charge in [0.1, 0.15) is 5.76 Å². The number of alkyl halides is 2. The summed E-state index contributed by atoms with van der Waals surface area (Å²) in [4.78, 5) is 10.0. The van der Waals surface area contributed by atoms with E-state index in [0.717, 1.165) is 6.07 Å². The highest BCUT2D eigenvalue weighted by Crippen LogP contribution is 2.29. The standard InChI is InChI=1S/C7H6F2O3/c1-4-2-3-5(12-4)7(8,9)6(10)11/h2-3H,1H3,(H,10,11). The zero-order valence-corrected chi connectivity index (χ0v) is 6.17. The highest BCUT2D eigenvalue weighted by molar-refractivity contribution is 5.76. The Bertz CT molecular complexity index is 303. The summed E-state index contributed by atoms with van der Waals surface area (Å²) in [6.07, 6.45) is 0. The first-order valence-corrected chi connectivity index (χ1v) is 3.12. The Morgan fingerprint density at radius 2 is 2.17 bits per heavy atom. The minimum atomic E-state index is -3.94. The van der Waals surface area contributed by atoms with E-state index in [0.29, 0.717) is 0 Å². The number of hydrogen-bond donors (Lipinski definition) is 1. The van der Waals surface area contributed by atoms with E-state index in [1.807, 2.05) is 0 Å². The third-order valence-corrected chi connectivity index (χ3v) is 1.32. The number of rotatable bonds is 2. The summed E-state index contributed by atoms with van der Waals surface area (Å²) in [6.45, 7) is 1.46. The molecule has 66 valence electrons. The lowest BCUT2D eigenvalue weighted by Gasteiger charge is -2.06. The van der Waals surface area contributed by atoms with Crippen molar-refractivity contribution in [2.24, 2.45) is 0 Å². The molecule has 0 aliphatic carbocycles. The first-order valence-electron chi connectivity index (χ1n) is 3.12. The second-order valence-corrected chi connectivity index (χ2v) is 2.29. The first-order chi connectivity index (χ1) is 5.44. The molecule has 0 fully saturated rings. The summed E-state index contributed by atoms with van der Waals surface area (Å²) >= 11 is 0. The van der Waals surface area contributed by atoms with Crippen molar-refractivity contribution in [2.45, 2.75) is 12.8 Å². The van der Waals surface area contributed by atoms with Gasteiger partial charge in [-0.25, -0.2) is 4.79 Å². The predicted molar refractivity (Wildman–Crippen MR) is 35.0 cm³/mol. The Morgan fingerprint density at radius 1 is 1.58 bits per heavy atom. The predicted octanol–water partition coefficient (Wildman–Crippen LogP) is 1.76. The largest absolute Gasteiger partial charge is 0.476 e. The molecule has 0 atom stereocenters. The highest BCUT2D eigenvalue weighted by Gasteiger charge is 2.44. The molecule has 1 aromatic rings. The van der Waals surface area contributed by atoms with Gasteiger partial charge in [-0.3, -0.25) is 0 Å². The van der Waals surface area contributed by atoms with E-state index in [4.69, 9.17) is 5.11 Å². The molecule has 5 heteroatoms. The molecule has 1 aromatic heterocycles. The molecule has 0 aliphatic heterocycles. The van der Waals surface area contributed by atoms with Crippen LogP contribution in [0.5, 0.6) is 0 Å². The van der Waals surface area contributed by atoms with Crippen LogP contribution in [0.1, 0.15) is 11.5 Å². The van der Waals surface area contributed by atoms with E-state index in [2.05, 4.69) is 4.42 Å². The molecule has 0 radical (unpaired) electrons. The van der Waals surface area contributed by atoms with Gasteiger partial charge >= 0.3 is 11.9 Å². The lowest BCUT2D eigenvalue weighted by Crippen LogP contribution is -2.24. The van der Waals surface area contributed by atoms with Crippen LogP contribution in [0.25, 0.3) is 0 Å². The molecule has 0 unspecified atom stereocenters. The zero-order valence-electron chi connectivity index (χ0n) is 6.17. The van der Waals surface area contributed by atoms with Gasteiger partial charge in [-0.15, -0.1) is 0 Å². The molecule has 0 spiro atoms. The van der Waals surface area contributed by atoms with Crippen LogP contribution < -0.4 is 0 Å².